The molecule has 2 rings (SSSR count). The van der Waals surface area contributed by atoms with Crippen LogP contribution in [0.3, 0.4) is 0 Å². The third-order valence-corrected chi connectivity index (χ3v) is 2.50. The molecule has 0 aliphatic rings. The number of aromatic nitrogens is 2. The van der Waals surface area contributed by atoms with Gasteiger partial charge < -0.3 is 14.5 Å². The standard InChI is InChI=1S/C13H12F3N3O3/c1-7-11(18-8(2)22-7)12(20)19-9-3-4-17-10(5-9)21-6-13(14,15)16/h3-5H,6H2,1-2H3,(H,17,19,20). The minimum absolute atomic E-state index is 0.104. The first kappa shape index (κ1) is 15.8. The molecule has 0 unspecified atom stereocenters. The number of rotatable bonds is 4. The van der Waals surface area contributed by atoms with Crippen molar-refractivity contribution in [2.24, 2.45) is 0 Å². The average Bonchev–Trinajstić information content (AvgIpc) is 2.75. The number of carbonyl (C=O) groups is 1. The molecule has 0 aromatic carbocycles. The highest BCUT2D eigenvalue weighted by Gasteiger charge is 2.28. The van der Waals surface area contributed by atoms with E-state index in [0.717, 1.165) is 0 Å². The van der Waals surface area contributed by atoms with Crippen molar-refractivity contribution >= 4 is 11.6 Å². The van der Waals surface area contributed by atoms with Crippen LogP contribution in [0, 0.1) is 13.8 Å². The molecule has 0 saturated carbocycles. The number of alkyl halides is 3. The molecule has 0 radical (unpaired) electrons. The van der Waals surface area contributed by atoms with Crippen molar-refractivity contribution in [3.8, 4) is 5.88 Å². The maximum Gasteiger partial charge on any atom is 0.422 e. The summed E-state index contributed by atoms with van der Waals surface area (Å²) in [6.07, 6.45) is -3.24. The van der Waals surface area contributed by atoms with E-state index in [1.165, 1.54) is 18.3 Å². The highest BCUT2D eigenvalue weighted by molar-refractivity contribution is 6.03. The molecule has 22 heavy (non-hydrogen) atoms. The van der Waals surface area contributed by atoms with Gasteiger partial charge in [0.1, 0.15) is 5.76 Å². The van der Waals surface area contributed by atoms with Crippen LogP contribution in [-0.4, -0.2) is 28.7 Å². The lowest BCUT2D eigenvalue weighted by Gasteiger charge is -2.09. The summed E-state index contributed by atoms with van der Waals surface area (Å²) in [5, 5.41) is 2.49. The van der Waals surface area contributed by atoms with Crippen LogP contribution in [-0.2, 0) is 0 Å². The van der Waals surface area contributed by atoms with Gasteiger partial charge in [-0.25, -0.2) is 9.97 Å². The topological polar surface area (TPSA) is 77.2 Å². The highest BCUT2D eigenvalue weighted by Crippen LogP contribution is 2.20. The van der Waals surface area contributed by atoms with Crippen molar-refractivity contribution in [3.63, 3.8) is 0 Å². The predicted molar refractivity (Wildman–Crippen MR) is 69.7 cm³/mol. The molecule has 0 spiro atoms. The fourth-order valence-corrected chi connectivity index (χ4v) is 1.65. The number of oxazole rings is 1. The van der Waals surface area contributed by atoms with Gasteiger partial charge >= 0.3 is 6.18 Å². The number of hydrogen-bond donors (Lipinski definition) is 1. The monoisotopic (exact) mass is 315 g/mol. The molecule has 0 fully saturated rings. The third kappa shape index (κ3) is 4.21. The van der Waals surface area contributed by atoms with Crippen LogP contribution in [0.1, 0.15) is 22.1 Å². The normalized spacial score (nSPS) is 11.3. The van der Waals surface area contributed by atoms with E-state index in [9.17, 15) is 18.0 Å². The zero-order valence-corrected chi connectivity index (χ0v) is 11.7. The molecule has 2 aromatic heterocycles. The summed E-state index contributed by atoms with van der Waals surface area (Å²) >= 11 is 0. The van der Waals surface area contributed by atoms with E-state index in [1.807, 2.05) is 0 Å². The Balaban J connectivity index is 2.07. The Kier molecular flexibility index (Phi) is 4.34. The van der Waals surface area contributed by atoms with Crippen LogP contribution in [0.25, 0.3) is 0 Å². The van der Waals surface area contributed by atoms with Gasteiger partial charge in [0.25, 0.3) is 5.91 Å². The Morgan fingerprint density at radius 1 is 1.41 bits per heavy atom. The maximum absolute atomic E-state index is 12.1. The molecule has 118 valence electrons. The van der Waals surface area contributed by atoms with Crippen molar-refractivity contribution in [2.75, 3.05) is 11.9 Å². The SMILES string of the molecule is Cc1nc(C(=O)Nc2ccnc(OCC(F)(F)F)c2)c(C)o1. The fourth-order valence-electron chi connectivity index (χ4n) is 1.65. The van der Waals surface area contributed by atoms with Crippen molar-refractivity contribution in [1.82, 2.24) is 9.97 Å². The lowest BCUT2D eigenvalue weighted by atomic mass is 10.3. The first-order chi connectivity index (χ1) is 10.2. The summed E-state index contributed by atoms with van der Waals surface area (Å²) in [5.41, 5.74) is 0.337. The molecular weight excluding hydrogens is 303 g/mol. The molecular formula is C13H12F3N3O3. The molecule has 9 heteroatoms. The van der Waals surface area contributed by atoms with Gasteiger partial charge in [0.05, 0.1) is 0 Å². The first-order valence-electron chi connectivity index (χ1n) is 6.15. The van der Waals surface area contributed by atoms with E-state index >= 15 is 0 Å². The number of halogens is 3. The predicted octanol–water partition coefficient (Wildman–Crippen LogP) is 2.88. The van der Waals surface area contributed by atoms with Gasteiger partial charge in [-0.05, 0) is 13.0 Å². The third-order valence-electron chi connectivity index (χ3n) is 2.50. The van der Waals surface area contributed by atoms with E-state index in [2.05, 4.69) is 20.0 Å². The minimum atomic E-state index is -4.46. The summed E-state index contributed by atoms with van der Waals surface area (Å²) in [6, 6.07) is 2.60. The summed E-state index contributed by atoms with van der Waals surface area (Å²) in [5.74, 6) is -0.102. The summed E-state index contributed by atoms with van der Waals surface area (Å²) < 4.78 is 45.9. The van der Waals surface area contributed by atoms with Crippen LogP contribution in [0.15, 0.2) is 22.7 Å². The van der Waals surface area contributed by atoms with Crippen LogP contribution in [0.2, 0.25) is 0 Å². The minimum Gasteiger partial charge on any atom is -0.468 e. The zero-order chi connectivity index (χ0) is 16.3. The van der Waals surface area contributed by atoms with Crippen molar-refractivity contribution in [1.29, 1.82) is 0 Å². The van der Waals surface area contributed by atoms with Gasteiger partial charge in [-0.2, -0.15) is 13.2 Å². The Bertz CT molecular complexity index is 683. The van der Waals surface area contributed by atoms with E-state index in [-0.39, 0.29) is 17.3 Å². The summed E-state index contributed by atoms with van der Waals surface area (Å²) in [4.78, 5) is 19.6. The zero-order valence-electron chi connectivity index (χ0n) is 11.7. The molecule has 0 saturated heterocycles. The molecule has 0 aliphatic carbocycles. The van der Waals surface area contributed by atoms with Gasteiger partial charge in [0.2, 0.25) is 5.88 Å². The summed E-state index contributed by atoms with van der Waals surface area (Å²) in [7, 11) is 0. The number of pyridine rings is 1. The van der Waals surface area contributed by atoms with Gasteiger partial charge in [-0.3, -0.25) is 4.79 Å². The maximum atomic E-state index is 12.1. The first-order valence-corrected chi connectivity index (χ1v) is 6.15. The van der Waals surface area contributed by atoms with Crippen LogP contribution in [0.5, 0.6) is 5.88 Å². The van der Waals surface area contributed by atoms with E-state index in [1.54, 1.807) is 13.8 Å². The van der Waals surface area contributed by atoms with Crippen LogP contribution < -0.4 is 10.1 Å². The number of anilines is 1. The largest absolute Gasteiger partial charge is 0.468 e. The number of nitrogens with one attached hydrogen (secondary N) is 1. The Labute approximate surface area is 123 Å². The lowest BCUT2D eigenvalue weighted by Crippen LogP contribution is -2.20. The molecule has 6 nitrogen and oxygen atoms in total. The number of nitrogens with zero attached hydrogens (tertiary/aromatic N) is 2. The quantitative estimate of drug-likeness (QED) is 0.938. The number of amides is 1. The fraction of sp³-hybridized carbons (Fsp3) is 0.308. The molecule has 2 heterocycles. The number of hydrogen-bond acceptors (Lipinski definition) is 5. The second-order valence-electron chi connectivity index (χ2n) is 4.38. The van der Waals surface area contributed by atoms with Gasteiger partial charge in [-0.15, -0.1) is 0 Å². The Hall–Kier alpha value is -2.58. The molecule has 1 amide bonds. The van der Waals surface area contributed by atoms with Gasteiger partial charge in [-0.1, -0.05) is 0 Å². The molecule has 1 N–H and O–H groups in total. The Morgan fingerprint density at radius 3 is 2.73 bits per heavy atom. The molecule has 2 aromatic rings. The van der Waals surface area contributed by atoms with Crippen molar-refractivity contribution < 1.29 is 27.1 Å². The van der Waals surface area contributed by atoms with Crippen LogP contribution in [0.4, 0.5) is 18.9 Å². The smallest absolute Gasteiger partial charge is 0.422 e. The van der Waals surface area contributed by atoms with Gasteiger partial charge in [0, 0.05) is 24.9 Å². The molecule has 0 bridgehead atoms. The number of ether oxygens (including phenoxy) is 1. The van der Waals surface area contributed by atoms with E-state index in [0.29, 0.717) is 11.7 Å². The van der Waals surface area contributed by atoms with Gasteiger partial charge in [0.15, 0.2) is 18.2 Å². The summed E-state index contributed by atoms with van der Waals surface area (Å²) in [6.45, 7) is 1.72. The lowest BCUT2D eigenvalue weighted by molar-refractivity contribution is -0.154. The Morgan fingerprint density at radius 2 is 2.14 bits per heavy atom. The average molecular weight is 315 g/mol. The number of aryl methyl sites for hydroxylation is 2. The second kappa shape index (κ2) is 6.04. The van der Waals surface area contributed by atoms with Crippen LogP contribution >= 0.6 is 0 Å². The second-order valence-corrected chi connectivity index (χ2v) is 4.38. The van der Waals surface area contributed by atoms with E-state index in [4.69, 9.17) is 4.42 Å². The molecule has 0 aliphatic heterocycles. The van der Waals surface area contributed by atoms with Crippen molar-refractivity contribution in [3.05, 3.63) is 35.7 Å². The molecule has 0 atom stereocenters. The number of carbonyl (C=O) groups excluding carboxylic acids is 1. The van der Waals surface area contributed by atoms with E-state index < -0.39 is 18.7 Å². The van der Waals surface area contributed by atoms with Crippen molar-refractivity contribution in [2.45, 2.75) is 20.0 Å². The highest BCUT2D eigenvalue weighted by atomic mass is 19.4.